The van der Waals surface area contributed by atoms with E-state index in [0.29, 0.717) is 11.7 Å². The summed E-state index contributed by atoms with van der Waals surface area (Å²) in [7, 11) is 0. The van der Waals surface area contributed by atoms with Crippen molar-refractivity contribution < 1.29 is 9.21 Å². The predicted octanol–water partition coefficient (Wildman–Crippen LogP) is 3.65. The molecule has 6 nitrogen and oxygen atoms in total. The monoisotopic (exact) mass is 420 g/mol. The van der Waals surface area contributed by atoms with Gasteiger partial charge in [0.1, 0.15) is 12.1 Å². The highest BCUT2D eigenvalue weighted by molar-refractivity contribution is 9.10. The van der Waals surface area contributed by atoms with Crippen molar-refractivity contribution >= 4 is 33.6 Å². The minimum Gasteiger partial charge on any atom is -0.467 e. The maximum absolute atomic E-state index is 12.2. The van der Waals surface area contributed by atoms with E-state index in [-0.39, 0.29) is 17.7 Å². The van der Waals surface area contributed by atoms with Crippen LogP contribution >= 0.6 is 27.7 Å². The van der Waals surface area contributed by atoms with Crippen LogP contribution in [0.4, 0.5) is 0 Å². The molecule has 0 aliphatic carbocycles. The van der Waals surface area contributed by atoms with E-state index < -0.39 is 0 Å². The molecule has 2 heterocycles. The Morgan fingerprint density at radius 2 is 2.16 bits per heavy atom. The smallest absolute Gasteiger partial charge is 0.230 e. The third-order valence-electron chi connectivity index (χ3n) is 3.57. The number of hydrogen-bond donors (Lipinski definition) is 1. The fraction of sp³-hybridized carbons (Fsp3) is 0.235. The van der Waals surface area contributed by atoms with Crippen LogP contribution in [0.15, 0.2) is 63.0 Å². The third kappa shape index (κ3) is 4.96. The van der Waals surface area contributed by atoms with Gasteiger partial charge in [-0.25, -0.2) is 0 Å². The highest BCUT2D eigenvalue weighted by atomic mass is 79.9. The van der Waals surface area contributed by atoms with Gasteiger partial charge in [-0.05, 0) is 36.8 Å². The summed E-state index contributed by atoms with van der Waals surface area (Å²) < 4.78 is 8.20. The van der Waals surface area contributed by atoms with E-state index >= 15 is 0 Å². The molecule has 1 amide bonds. The number of rotatable bonds is 7. The molecule has 0 spiro atoms. The van der Waals surface area contributed by atoms with Crippen molar-refractivity contribution in [2.45, 2.75) is 24.7 Å². The minimum absolute atomic E-state index is 0.0482. The summed E-state index contributed by atoms with van der Waals surface area (Å²) in [5.74, 6) is 1.04. The molecule has 0 aliphatic heterocycles. The minimum atomic E-state index is -0.0535. The van der Waals surface area contributed by atoms with Crippen molar-refractivity contribution in [1.29, 1.82) is 0 Å². The van der Waals surface area contributed by atoms with Crippen LogP contribution < -0.4 is 5.32 Å². The van der Waals surface area contributed by atoms with Crippen LogP contribution in [0.1, 0.15) is 24.3 Å². The summed E-state index contributed by atoms with van der Waals surface area (Å²) in [6, 6.07) is 11.6. The number of nitrogens with zero attached hydrogens (tertiary/aromatic N) is 3. The quantitative estimate of drug-likeness (QED) is 0.590. The second kappa shape index (κ2) is 8.35. The number of aromatic nitrogens is 3. The van der Waals surface area contributed by atoms with Crippen LogP contribution in [0.3, 0.4) is 0 Å². The zero-order valence-corrected chi connectivity index (χ0v) is 16.0. The number of halogens is 1. The number of amides is 1. The standard InChI is InChI=1S/C17H17BrN4O2S/c1-12(13-4-6-14(18)7-5-13)20-16(23)10-25-17-21-19-11-22(17)9-15-3-2-8-24-15/h2-8,11-12H,9-10H2,1H3,(H,20,23). The number of furan rings is 1. The van der Waals surface area contributed by atoms with E-state index in [9.17, 15) is 4.79 Å². The summed E-state index contributed by atoms with van der Waals surface area (Å²) in [5.41, 5.74) is 1.06. The molecule has 0 bridgehead atoms. The lowest BCUT2D eigenvalue weighted by Gasteiger charge is -2.14. The van der Waals surface area contributed by atoms with E-state index in [1.165, 1.54) is 11.8 Å². The Bertz CT molecular complexity index is 818. The van der Waals surface area contributed by atoms with Gasteiger partial charge in [-0.3, -0.25) is 4.79 Å². The molecule has 1 unspecified atom stereocenters. The highest BCUT2D eigenvalue weighted by Crippen LogP contribution is 2.19. The maximum atomic E-state index is 12.2. The molecule has 25 heavy (non-hydrogen) atoms. The molecule has 3 aromatic rings. The number of carbonyl (C=O) groups excluding carboxylic acids is 1. The van der Waals surface area contributed by atoms with Crippen molar-refractivity contribution in [3.63, 3.8) is 0 Å². The molecule has 1 N–H and O–H groups in total. The maximum Gasteiger partial charge on any atom is 0.230 e. The van der Waals surface area contributed by atoms with Gasteiger partial charge < -0.3 is 14.3 Å². The van der Waals surface area contributed by atoms with Gasteiger partial charge in [-0.1, -0.05) is 39.8 Å². The second-order valence-corrected chi connectivity index (χ2v) is 7.31. The van der Waals surface area contributed by atoms with E-state index in [2.05, 4.69) is 31.4 Å². The Labute approximate surface area is 158 Å². The Kier molecular flexibility index (Phi) is 5.93. The SMILES string of the molecule is CC(NC(=O)CSc1nncn1Cc1ccco1)c1ccc(Br)cc1. The third-order valence-corrected chi connectivity index (χ3v) is 5.08. The molecular formula is C17H17BrN4O2S. The van der Waals surface area contributed by atoms with Gasteiger partial charge in [0.25, 0.3) is 0 Å². The molecule has 0 saturated heterocycles. The van der Waals surface area contributed by atoms with Gasteiger partial charge in [-0.15, -0.1) is 10.2 Å². The zero-order chi connectivity index (χ0) is 17.6. The van der Waals surface area contributed by atoms with Gasteiger partial charge in [-0.2, -0.15) is 0 Å². The molecule has 1 atom stereocenters. The number of carbonyl (C=O) groups is 1. The van der Waals surface area contributed by atoms with Gasteiger partial charge in [0.05, 0.1) is 24.6 Å². The first-order chi connectivity index (χ1) is 12.1. The summed E-state index contributed by atoms with van der Waals surface area (Å²) >= 11 is 4.76. The molecule has 130 valence electrons. The van der Waals surface area contributed by atoms with Crippen molar-refractivity contribution in [1.82, 2.24) is 20.1 Å². The van der Waals surface area contributed by atoms with E-state index in [1.54, 1.807) is 12.6 Å². The Morgan fingerprint density at radius 3 is 2.88 bits per heavy atom. The zero-order valence-electron chi connectivity index (χ0n) is 13.6. The van der Waals surface area contributed by atoms with Crippen molar-refractivity contribution in [3.05, 3.63) is 64.8 Å². The summed E-state index contributed by atoms with van der Waals surface area (Å²) in [6.45, 7) is 2.50. The number of thioether (sulfide) groups is 1. The van der Waals surface area contributed by atoms with Crippen LogP contribution in [-0.4, -0.2) is 26.4 Å². The molecule has 0 saturated carbocycles. The lowest BCUT2D eigenvalue weighted by atomic mass is 10.1. The lowest BCUT2D eigenvalue weighted by Crippen LogP contribution is -2.28. The summed E-state index contributed by atoms with van der Waals surface area (Å²) in [5, 5.41) is 11.7. The lowest BCUT2D eigenvalue weighted by molar-refractivity contribution is -0.119. The number of nitrogens with one attached hydrogen (secondary N) is 1. The average Bonchev–Trinajstić information content (AvgIpc) is 3.26. The van der Waals surface area contributed by atoms with Crippen LogP contribution in [-0.2, 0) is 11.3 Å². The fourth-order valence-corrected chi connectivity index (χ4v) is 3.27. The normalized spacial score (nSPS) is 12.1. The fourth-order valence-electron chi connectivity index (χ4n) is 2.28. The average molecular weight is 421 g/mol. The first-order valence-electron chi connectivity index (χ1n) is 7.69. The molecule has 0 fully saturated rings. The van der Waals surface area contributed by atoms with Gasteiger partial charge in [0.2, 0.25) is 5.91 Å². The Morgan fingerprint density at radius 1 is 1.36 bits per heavy atom. The highest BCUT2D eigenvalue weighted by Gasteiger charge is 2.13. The Hall–Kier alpha value is -2.06. The van der Waals surface area contributed by atoms with E-state index in [0.717, 1.165) is 15.8 Å². The number of hydrogen-bond acceptors (Lipinski definition) is 5. The largest absolute Gasteiger partial charge is 0.467 e. The van der Waals surface area contributed by atoms with Gasteiger partial charge in [0, 0.05) is 4.47 Å². The molecule has 8 heteroatoms. The first kappa shape index (κ1) is 17.8. The molecule has 0 aliphatic rings. The molecule has 1 aromatic carbocycles. The molecular weight excluding hydrogens is 404 g/mol. The molecule has 3 rings (SSSR count). The van der Waals surface area contributed by atoms with E-state index in [1.807, 2.05) is 47.9 Å². The van der Waals surface area contributed by atoms with Crippen molar-refractivity contribution in [3.8, 4) is 0 Å². The van der Waals surface area contributed by atoms with Crippen molar-refractivity contribution in [2.24, 2.45) is 0 Å². The Balaban J connectivity index is 1.52. The molecule has 2 aromatic heterocycles. The van der Waals surface area contributed by atoms with Gasteiger partial charge >= 0.3 is 0 Å². The topological polar surface area (TPSA) is 73.0 Å². The van der Waals surface area contributed by atoms with Crippen LogP contribution in [0.25, 0.3) is 0 Å². The number of benzene rings is 1. The van der Waals surface area contributed by atoms with Crippen LogP contribution in [0.2, 0.25) is 0 Å². The predicted molar refractivity (Wildman–Crippen MR) is 99.3 cm³/mol. The first-order valence-corrected chi connectivity index (χ1v) is 9.47. The van der Waals surface area contributed by atoms with E-state index in [4.69, 9.17) is 4.42 Å². The van der Waals surface area contributed by atoms with Crippen LogP contribution in [0, 0.1) is 0 Å². The second-order valence-electron chi connectivity index (χ2n) is 5.45. The van der Waals surface area contributed by atoms with Crippen LogP contribution in [0.5, 0.6) is 0 Å². The van der Waals surface area contributed by atoms with Gasteiger partial charge in [0.15, 0.2) is 5.16 Å². The summed E-state index contributed by atoms with van der Waals surface area (Å²) in [6.07, 6.45) is 3.26. The summed E-state index contributed by atoms with van der Waals surface area (Å²) in [4.78, 5) is 12.2. The van der Waals surface area contributed by atoms with Crippen molar-refractivity contribution in [2.75, 3.05) is 5.75 Å². The molecule has 0 radical (unpaired) electrons.